The molecule has 98 valence electrons. The van der Waals surface area contributed by atoms with Gasteiger partial charge in [0, 0.05) is 29.7 Å². The third kappa shape index (κ3) is 1.83. The van der Waals surface area contributed by atoms with Gasteiger partial charge in [-0.15, -0.1) is 0 Å². The molecule has 0 saturated heterocycles. The Kier molecular flexibility index (Phi) is 2.86. The maximum atomic E-state index is 6.33. The molecule has 0 bridgehead atoms. The molecule has 3 atom stereocenters. The van der Waals surface area contributed by atoms with Crippen molar-refractivity contribution < 1.29 is 0 Å². The van der Waals surface area contributed by atoms with E-state index >= 15 is 0 Å². The van der Waals surface area contributed by atoms with E-state index in [1.165, 1.54) is 36.9 Å². The lowest BCUT2D eigenvalue weighted by Gasteiger charge is -2.37. The summed E-state index contributed by atoms with van der Waals surface area (Å²) in [4.78, 5) is 2.58. The molecule has 2 nitrogen and oxygen atoms in total. The second-order valence-corrected chi connectivity index (χ2v) is 6.46. The first-order valence-electron chi connectivity index (χ1n) is 7.20. The first-order valence-corrected chi connectivity index (χ1v) is 7.20. The molecule has 1 aliphatic heterocycles. The van der Waals surface area contributed by atoms with Crippen molar-refractivity contribution in [1.29, 1.82) is 0 Å². The van der Waals surface area contributed by atoms with Crippen molar-refractivity contribution in [2.24, 2.45) is 11.1 Å². The molecule has 3 unspecified atom stereocenters. The van der Waals surface area contributed by atoms with Gasteiger partial charge in [-0.1, -0.05) is 31.5 Å². The van der Waals surface area contributed by atoms with E-state index in [1.54, 1.807) is 0 Å². The van der Waals surface area contributed by atoms with Crippen LogP contribution >= 0.6 is 0 Å². The average molecular weight is 244 g/mol. The van der Waals surface area contributed by atoms with Gasteiger partial charge < -0.3 is 10.6 Å². The van der Waals surface area contributed by atoms with E-state index in [4.69, 9.17) is 5.73 Å². The van der Waals surface area contributed by atoms with Crippen LogP contribution in [-0.2, 0) is 6.42 Å². The molecule has 0 aromatic heterocycles. The van der Waals surface area contributed by atoms with E-state index in [2.05, 4.69) is 43.0 Å². The molecule has 1 aliphatic carbocycles. The highest BCUT2D eigenvalue weighted by molar-refractivity contribution is 5.59. The lowest BCUT2D eigenvalue weighted by molar-refractivity contribution is 0.292. The lowest BCUT2D eigenvalue weighted by Crippen LogP contribution is -2.46. The van der Waals surface area contributed by atoms with Crippen LogP contribution in [0.3, 0.4) is 0 Å². The fourth-order valence-corrected chi connectivity index (χ4v) is 3.72. The standard InChI is InChI=1S/C16H24N2/c1-12-10-13-6-3-4-7-14(13)18(12)11-16(2)9-5-8-15(16)17/h3-4,6-7,12,15H,5,8-11,17H2,1-2H3. The third-order valence-electron chi connectivity index (χ3n) is 5.04. The van der Waals surface area contributed by atoms with E-state index in [0.717, 1.165) is 6.54 Å². The molecule has 18 heavy (non-hydrogen) atoms. The molecule has 0 radical (unpaired) electrons. The van der Waals surface area contributed by atoms with Gasteiger partial charge in [0.1, 0.15) is 0 Å². The van der Waals surface area contributed by atoms with Gasteiger partial charge in [-0.3, -0.25) is 0 Å². The highest BCUT2D eigenvalue weighted by Crippen LogP contribution is 2.41. The SMILES string of the molecule is CC1Cc2ccccc2N1CC1(C)CCCC1N. The molecule has 1 heterocycles. The molecule has 1 fully saturated rings. The molecule has 1 saturated carbocycles. The average Bonchev–Trinajstić information content (AvgIpc) is 2.83. The zero-order chi connectivity index (χ0) is 12.8. The monoisotopic (exact) mass is 244 g/mol. The van der Waals surface area contributed by atoms with Crippen LogP contribution < -0.4 is 10.6 Å². The quantitative estimate of drug-likeness (QED) is 0.866. The second kappa shape index (κ2) is 4.27. The smallest absolute Gasteiger partial charge is 0.0402 e. The predicted octanol–water partition coefficient (Wildman–Crippen LogP) is 2.96. The summed E-state index contributed by atoms with van der Waals surface area (Å²) in [6.45, 7) is 5.83. The molecule has 0 amide bonds. The molecule has 2 heteroatoms. The van der Waals surface area contributed by atoms with Crippen molar-refractivity contribution >= 4 is 5.69 Å². The Morgan fingerprint density at radius 2 is 2.17 bits per heavy atom. The topological polar surface area (TPSA) is 29.3 Å². The van der Waals surface area contributed by atoms with E-state index in [-0.39, 0.29) is 0 Å². The van der Waals surface area contributed by atoms with Crippen LogP contribution in [0.25, 0.3) is 0 Å². The maximum Gasteiger partial charge on any atom is 0.0402 e. The van der Waals surface area contributed by atoms with Gasteiger partial charge in [-0.2, -0.15) is 0 Å². The number of fused-ring (bicyclic) bond motifs is 1. The van der Waals surface area contributed by atoms with Crippen LogP contribution in [0.5, 0.6) is 0 Å². The summed E-state index contributed by atoms with van der Waals surface area (Å²) in [5.74, 6) is 0. The van der Waals surface area contributed by atoms with Gasteiger partial charge in [-0.25, -0.2) is 0 Å². The molecule has 3 rings (SSSR count). The Morgan fingerprint density at radius 1 is 1.39 bits per heavy atom. The van der Waals surface area contributed by atoms with Crippen molar-refractivity contribution in [2.45, 2.75) is 51.6 Å². The summed E-state index contributed by atoms with van der Waals surface area (Å²) in [5, 5.41) is 0. The fraction of sp³-hybridized carbons (Fsp3) is 0.625. The Hall–Kier alpha value is -1.02. The maximum absolute atomic E-state index is 6.33. The van der Waals surface area contributed by atoms with Gasteiger partial charge >= 0.3 is 0 Å². The van der Waals surface area contributed by atoms with E-state index < -0.39 is 0 Å². The Bertz CT molecular complexity index is 442. The summed E-state index contributed by atoms with van der Waals surface area (Å²) in [6, 6.07) is 9.83. The number of nitrogens with two attached hydrogens (primary N) is 1. The van der Waals surface area contributed by atoms with Crippen molar-refractivity contribution in [2.75, 3.05) is 11.4 Å². The van der Waals surface area contributed by atoms with Crippen LogP contribution in [0.4, 0.5) is 5.69 Å². The van der Waals surface area contributed by atoms with Crippen LogP contribution in [0.1, 0.15) is 38.7 Å². The third-order valence-corrected chi connectivity index (χ3v) is 5.04. The number of para-hydroxylation sites is 1. The summed E-state index contributed by atoms with van der Waals surface area (Å²) >= 11 is 0. The van der Waals surface area contributed by atoms with E-state index in [0.29, 0.717) is 17.5 Å². The minimum Gasteiger partial charge on any atom is -0.368 e. The molecule has 1 aromatic rings. The van der Waals surface area contributed by atoms with Crippen LogP contribution in [-0.4, -0.2) is 18.6 Å². The minimum atomic E-state index is 0.297. The zero-order valence-electron chi connectivity index (χ0n) is 11.5. The van der Waals surface area contributed by atoms with Crippen molar-refractivity contribution in [1.82, 2.24) is 0 Å². The first kappa shape index (κ1) is 12.0. The van der Waals surface area contributed by atoms with E-state index in [1.807, 2.05) is 0 Å². The Morgan fingerprint density at radius 3 is 2.89 bits per heavy atom. The van der Waals surface area contributed by atoms with Crippen LogP contribution in [0.2, 0.25) is 0 Å². The highest BCUT2D eigenvalue weighted by Gasteiger charge is 2.40. The summed E-state index contributed by atoms with van der Waals surface area (Å²) < 4.78 is 0. The normalized spacial score (nSPS) is 34.9. The molecular formula is C16H24N2. The van der Waals surface area contributed by atoms with Crippen molar-refractivity contribution in [3.8, 4) is 0 Å². The Labute approximate surface area is 110 Å². The van der Waals surface area contributed by atoms with Gasteiger partial charge in [0.2, 0.25) is 0 Å². The number of nitrogens with zero attached hydrogens (tertiary/aromatic N) is 1. The Balaban J connectivity index is 1.85. The number of anilines is 1. The minimum absolute atomic E-state index is 0.297. The molecule has 2 N–H and O–H groups in total. The first-order chi connectivity index (χ1) is 8.60. The van der Waals surface area contributed by atoms with Crippen molar-refractivity contribution in [3.63, 3.8) is 0 Å². The largest absolute Gasteiger partial charge is 0.368 e. The molecular weight excluding hydrogens is 220 g/mol. The van der Waals surface area contributed by atoms with Gasteiger partial charge in [0.25, 0.3) is 0 Å². The van der Waals surface area contributed by atoms with Crippen molar-refractivity contribution in [3.05, 3.63) is 29.8 Å². The number of hydrogen-bond acceptors (Lipinski definition) is 2. The lowest BCUT2D eigenvalue weighted by atomic mass is 9.84. The van der Waals surface area contributed by atoms with Gasteiger partial charge in [0.15, 0.2) is 0 Å². The highest BCUT2D eigenvalue weighted by atomic mass is 15.2. The fourth-order valence-electron chi connectivity index (χ4n) is 3.72. The van der Waals surface area contributed by atoms with E-state index in [9.17, 15) is 0 Å². The number of rotatable bonds is 2. The molecule has 1 aromatic carbocycles. The zero-order valence-corrected chi connectivity index (χ0v) is 11.5. The summed E-state index contributed by atoms with van der Waals surface area (Å²) in [6.07, 6.45) is 4.95. The number of hydrogen-bond donors (Lipinski definition) is 1. The second-order valence-electron chi connectivity index (χ2n) is 6.46. The predicted molar refractivity (Wildman–Crippen MR) is 76.9 cm³/mol. The van der Waals surface area contributed by atoms with Gasteiger partial charge in [-0.05, 0) is 37.8 Å². The summed E-state index contributed by atoms with van der Waals surface area (Å²) in [5.41, 5.74) is 9.56. The van der Waals surface area contributed by atoms with Crippen LogP contribution in [0, 0.1) is 5.41 Å². The summed E-state index contributed by atoms with van der Waals surface area (Å²) in [7, 11) is 0. The number of benzene rings is 1. The molecule has 0 spiro atoms. The van der Waals surface area contributed by atoms with Gasteiger partial charge in [0.05, 0.1) is 0 Å². The molecule has 2 aliphatic rings. The van der Waals surface area contributed by atoms with Crippen LogP contribution in [0.15, 0.2) is 24.3 Å².